The van der Waals surface area contributed by atoms with Crippen molar-refractivity contribution in [2.75, 3.05) is 11.5 Å². The molecule has 2 rings (SSSR count). The van der Waals surface area contributed by atoms with E-state index >= 15 is 0 Å². The molecular weight excluding hydrogens is 286 g/mol. The third kappa shape index (κ3) is 3.48. The molecule has 1 fully saturated rings. The summed E-state index contributed by atoms with van der Waals surface area (Å²) in [7, 11) is -2.89. The van der Waals surface area contributed by atoms with Gasteiger partial charge < -0.3 is 5.73 Å². The minimum absolute atomic E-state index is 0.00171. The number of hydrogen-bond donors (Lipinski definition) is 1. The van der Waals surface area contributed by atoms with E-state index < -0.39 is 9.84 Å². The van der Waals surface area contributed by atoms with Crippen LogP contribution in [0.1, 0.15) is 56.6 Å². The summed E-state index contributed by atoms with van der Waals surface area (Å²) in [5.41, 5.74) is 9.64. The molecule has 1 saturated heterocycles. The Hall–Kier alpha value is -0.880. The van der Waals surface area contributed by atoms with Crippen molar-refractivity contribution in [3.63, 3.8) is 0 Å². The number of hydrogen-bond acceptors (Lipinski definition) is 4. The predicted octanol–water partition coefficient (Wildman–Crippen LogP) is 1.65. The number of rotatable bonds is 6. The van der Waals surface area contributed by atoms with E-state index in [0.717, 1.165) is 31.4 Å². The molecule has 0 aliphatic carbocycles. The van der Waals surface area contributed by atoms with Gasteiger partial charge in [0, 0.05) is 11.7 Å². The number of sulfone groups is 1. The van der Waals surface area contributed by atoms with Gasteiger partial charge in [0.15, 0.2) is 9.84 Å². The molecule has 1 aliphatic heterocycles. The highest BCUT2D eigenvalue weighted by Crippen LogP contribution is 2.28. The van der Waals surface area contributed by atoms with Gasteiger partial charge in [-0.3, -0.25) is 4.68 Å². The third-order valence-corrected chi connectivity index (χ3v) is 6.17. The van der Waals surface area contributed by atoms with Crippen molar-refractivity contribution in [3.8, 4) is 0 Å². The van der Waals surface area contributed by atoms with Crippen LogP contribution in [0.25, 0.3) is 0 Å². The lowest BCUT2D eigenvalue weighted by atomic mass is 10.00. The molecule has 0 spiro atoms. The Morgan fingerprint density at radius 3 is 2.52 bits per heavy atom. The van der Waals surface area contributed by atoms with Crippen LogP contribution in [-0.2, 0) is 29.1 Å². The van der Waals surface area contributed by atoms with Crippen LogP contribution in [0.15, 0.2) is 0 Å². The van der Waals surface area contributed by atoms with Crippen LogP contribution in [-0.4, -0.2) is 35.7 Å². The fourth-order valence-electron chi connectivity index (χ4n) is 3.13. The zero-order chi connectivity index (χ0) is 15.6. The maximum Gasteiger partial charge on any atom is 0.152 e. The number of nitrogens with zero attached hydrogens (tertiary/aromatic N) is 2. The lowest BCUT2D eigenvalue weighted by Gasteiger charge is -2.14. The summed E-state index contributed by atoms with van der Waals surface area (Å²) in [6.07, 6.45) is 4.19. The second-order valence-electron chi connectivity index (χ2n) is 5.95. The van der Waals surface area contributed by atoms with Crippen molar-refractivity contribution in [1.29, 1.82) is 0 Å². The summed E-state index contributed by atoms with van der Waals surface area (Å²) in [5.74, 6) is 0.510. The van der Waals surface area contributed by atoms with E-state index in [-0.39, 0.29) is 23.6 Å². The van der Waals surface area contributed by atoms with Crippen molar-refractivity contribution in [2.24, 2.45) is 5.73 Å². The molecule has 2 heterocycles. The number of nitrogens with two attached hydrogens (primary N) is 1. The van der Waals surface area contributed by atoms with E-state index in [1.54, 1.807) is 0 Å². The molecule has 1 aromatic rings. The molecule has 0 saturated carbocycles. The fraction of sp³-hybridized carbons (Fsp3) is 0.800. The first-order valence-corrected chi connectivity index (χ1v) is 9.79. The fourth-order valence-corrected chi connectivity index (χ4v) is 4.82. The molecule has 1 aliphatic rings. The summed E-state index contributed by atoms with van der Waals surface area (Å²) in [4.78, 5) is 0. The molecule has 2 unspecified atom stereocenters. The van der Waals surface area contributed by atoms with Gasteiger partial charge in [-0.2, -0.15) is 5.10 Å². The van der Waals surface area contributed by atoms with E-state index in [1.807, 2.05) is 4.68 Å². The largest absolute Gasteiger partial charge is 0.327 e. The summed E-state index contributed by atoms with van der Waals surface area (Å²) < 4.78 is 25.5. The highest BCUT2D eigenvalue weighted by molar-refractivity contribution is 7.91. The Morgan fingerprint density at radius 2 is 2.05 bits per heavy atom. The first kappa shape index (κ1) is 16.5. The van der Waals surface area contributed by atoms with Gasteiger partial charge in [-0.1, -0.05) is 20.8 Å². The molecule has 0 aromatic carbocycles. The van der Waals surface area contributed by atoms with Crippen molar-refractivity contribution in [1.82, 2.24) is 9.78 Å². The van der Waals surface area contributed by atoms with Gasteiger partial charge in [0.25, 0.3) is 0 Å². The zero-order valence-corrected chi connectivity index (χ0v) is 14.1. The molecule has 0 radical (unpaired) electrons. The minimum atomic E-state index is -2.89. The average Bonchev–Trinajstić information content (AvgIpc) is 2.98. The van der Waals surface area contributed by atoms with E-state index in [2.05, 4.69) is 20.8 Å². The van der Waals surface area contributed by atoms with E-state index in [0.29, 0.717) is 6.42 Å². The third-order valence-electron chi connectivity index (χ3n) is 4.42. The second kappa shape index (κ2) is 6.48. The maximum atomic E-state index is 11.7. The van der Waals surface area contributed by atoms with Crippen molar-refractivity contribution >= 4 is 9.84 Å². The highest BCUT2D eigenvalue weighted by atomic mass is 32.2. The van der Waals surface area contributed by atoms with Gasteiger partial charge in [-0.05, 0) is 37.7 Å². The lowest BCUT2D eigenvalue weighted by Crippen LogP contribution is -2.23. The second-order valence-corrected chi connectivity index (χ2v) is 8.18. The topological polar surface area (TPSA) is 78.0 Å². The van der Waals surface area contributed by atoms with Gasteiger partial charge in [0.1, 0.15) is 0 Å². The van der Waals surface area contributed by atoms with Crippen molar-refractivity contribution in [3.05, 3.63) is 17.0 Å². The molecule has 1 aromatic heterocycles. The highest BCUT2D eigenvalue weighted by Gasteiger charge is 2.32. The molecule has 21 heavy (non-hydrogen) atoms. The Labute approximate surface area is 127 Å². The number of aromatic nitrogens is 2. The van der Waals surface area contributed by atoms with Crippen molar-refractivity contribution in [2.45, 2.75) is 65.0 Å². The van der Waals surface area contributed by atoms with Crippen LogP contribution in [0.4, 0.5) is 0 Å². The number of aryl methyl sites for hydroxylation is 1. The van der Waals surface area contributed by atoms with E-state index in [9.17, 15) is 8.42 Å². The van der Waals surface area contributed by atoms with Gasteiger partial charge in [-0.15, -0.1) is 0 Å². The molecule has 2 N–H and O–H groups in total. The van der Waals surface area contributed by atoms with Crippen LogP contribution in [0.3, 0.4) is 0 Å². The standard InChI is InChI=1S/C15H27N3O2S/c1-4-11(16)9-13-14(5-2)17-18(15(13)6-3)12-7-8-21(19,20)10-12/h11-12H,4-10,16H2,1-3H3. The first-order chi connectivity index (χ1) is 9.91. The molecule has 5 nitrogen and oxygen atoms in total. The normalized spacial score (nSPS) is 22.6. The Balaban J connectivity index is 2.38. The summed E-state index contributed by atoms with van der Waals surface area (Å²) in [6.45, 7) is 6.30. The van der Waals surface area contributed by atoms with Gasteiger partial charge >= 0.3 is 0 Å². The zero-order valence-electron chi connectivity index (χ0n) is 13.3. The van der Waals surface area contributed by atoms with Crippen LogP contribution in [0, 0.1) is 0 Å². The van der Waals surface area contributed by atoms with Gasteiger partial charge in [0.05, 0.1) is 23.2 Å². The molecule has 120 valence electrons. The lowest BCUT2D eigenvalue weighted by molar-refractivity contribution is 0.477. The average molecular weight is 313 g/mol. The molecular formula is C15H27N3O2S. The van der Waals surface area contributed by atoms with Gasteiger partial charge in [0.2, 0.25) is 0 Å². The van der Waals surface area contributed by atoms with Crippen LogP contribution in [0.2, 0.25) is 0 Å². The van der Waals surface area contributed by atoms with Crippen molar-refractivity contribution < 1.29 is 8.42 Å². The molecule has 2 atom stereocenters. The summed E-state index contributed by atoms with van der Waals surface area (Å²) in [5, 5.41) is 4.73. The maximum absolute atomic E-state index is 11.7. The summed E-state index contributed by atoms with van der Waals surface area (Å²) in [6, 6.07) is 0.146. The van der Waals surface area contributed by atoms with Crippen LogP contribution in [0.5, 0.6) is 0 Å². The predicted molar refractivity (Wildman–Crippen MR) is 85.3 cm³/mol. The minimum Gasteiger partial charge on any atom is -0.327 e. The van der Waals surface area contributed by atoms with E-state index in [4.69, 9.17) is 10.8 Å². The SMILES string of the molecule is CCc1nn(C2CCS(=O)(=O)C2)c(CC)c1CC(N)CC. The smallest absolute Gasteiger partial charge is 0.152 e. The first-order valence-electron chi connectivity index (χ1n) is 7.96. The van der Waals surface area contributed by atoms with Gasteiger partial charge in [-0.25, -0.2) is 8.42 Å². The van der Waals surface area contributed by atoms with Crippen LogP contribution >= 0.6 is 0 Å². The Kier molecular flexibility index (Phi) is 5.09. The molecule has 6 heteroatoms. The van der Waals surface area contributed by atoms with E-state index in [1.165, 1.54) is 11.3 Å². The Bertz CT molecular complexity index is 592. The molecule has 0 amide bonds. The Morgan fingerprint density at radius 1 is 1.33 bits per heavy atom. The van der Waals surface area contributed by atoms with Crippen LogP contribution < -0.4 is 5.73 Å². The summed E-state index contributed by atoms with van der Waals surface area (Å²) >= 11 is 0. The monoisotopic (exact) mass is 313 g/mol. The quantitative estimate of drug-likeness (QED) is 0.866. The molecule has 0 bridgehead atoms.